The number of carbonyl (C=O) groups excluding carboxylic acids is 1. The molecule has 0 aliphatic carbocycles. The van der Waals surface area contributed by atoms with Crippen molar-refractivity contribution in [2.24, 2.45) is 0 Å². The quantitative estimate of drug-likeness (QED) is 0.251. The van der Waals surface area contributed by atoms with Crippen molar-refractivity contribution >= 4 is 72.3 Å². The summed E-state index contributed by atoms with van der Waals surface area (Å²) in [5.74, 6) is -0.258. The first-order valence-corrected chi connectivity index (χ1v) is 14.1. The molecule has 0 fully saturated rings. The van der Waals surface area contributed by atoms with Crippen LogP contribution in [0.25, 0.3) is 10.2 Å². The van der Waals surface area contributed by atoms with Crippen LogP contribution in [0.5, 0.6) is 0 Å². The first-order valence-electron chi connectivity index (χ1n) is 11.4. The van der Waals surface area contributed by atoms with Gasteiger partial charge in [-0.1, -0.05) is 47.2 Å². The van der Waals surface area contributed by atoms with Crippen LogP contribution in [0.15, 0.2) is 77.7 Å². The monoisotopic (exact) mass is 578 g/mol. The molecule has 0 unspecified atom stereocenters. The van der Waals surface area contributed by atoms with Gasteiger partial charge in [0.05, 0.1) is 20.3 Å². The largest absolute Gasteiger partial charge is 0.308 e. The third kappa shape index (κ3) is 6.25. The molecular formula is C26H28Cl2N4O3S2. The molecule has 11 heteroatoms. The zero-order valence-electron chi connectivity index (χ0n) is 20.7. The van der Waals surface area contributed by atoms with Crippen LogP contribution in [-0.4, -0.2) is 57.9 Å². The molecule has 0 aliphatic rings. The van der Waals surface area contributed by atoms with Gasteiger partial charge in [-0.2, -0.15) is 0 Å². The Morgan fingerprint density at radius 1 is 0.946 bits per heavy atom. The maximum absolute atomic E-state index is 13.6. The van der Waals surface area contributed by atoms with Gasteiger partial charge in [0.1, 0.15) is 5.52 Å². The average Bonchev–Trinajstić information content (AvgIpc) is 3.30. The first kappa shape index (κ1) is 28.9. The highest BCUT2D eigenvalue weighted by molar-refractivity contribution is 7.92. The van der Waals surface area contributed by atoms with Crippen molar-refractivity contribution in [3.05, 3.63) is 83.4 Å². The number of carbonyl (C=O) groups is 1. The van der Waals surface area contributed by atoms with E-state index >= 15 is 0 Å². The van der Waals surface area contributed by atoms with Crippen LogP contribution in [0.4, 0.5) is 10.8 Å². The lowest BCUT2D eigenvalue weighted by atomic mass is 10.2. The van der Waals surface area contributed by atoms with Crippen LogP contribution in [0.3, 0.4) is 0 Å². The highest BCUT2D eigenvalue weighted by Gasteiger charge is 2.26. The van der Waals surface area contributed by atoms with E-state index in [-0.39, 0.29) is 29.8 Å². The number of sulfonamides is 1. The number of para-hydroxylation sites is 2. The lowest BCUT2D eigenvalue weighted by molar-refractivity contribution is 0.0985. The molecule has 3 aromatic carbocycles. The number of rotatable bonds is 9. The van der Waals surface area contributed by atoms with Crippen LogP contribution in [0, 0.1) is 0 Å². The molecular weight excluding hydrogens is 551 g/mol. The van der Waals surface area contributed by atoms with Crippen molar-refractivity contribution < 1.29 is 13.2 Å². The Morgan fingerprint density at radius 2 is 1.62 bits per heavy atom. The second kappa shape index (κ2) is 12.2. The minimum Gasteiger partial charge on any atom is -0.308 e. The molecule has 4 aromatic rings. The molecule has 1 heterocycles. The lowest BCUT2D eigenvalue weighted by Gasteiger charge is -2.24. The molecule has 7 nitrogen and oxygen atoms in total. The van der Waals surface area contributed by atoms with Gasteiger partial charge in [-0.25, -0.2) is 13.4 Å². The van der Waals surface area contributed by atoms with Crippen molar-refractivity contribution in [3.63, 3.8) is 0 Å². The van der Waals surface area contributed by atoms with Gasteiger partial charge in [0.2, 0.25) is 0 Å². The van der Waals surface area contributed by atoms with Gasteiger partial charge in [-0.3, -0.25) is 14.0 Å². The van der Waals surface area contributed by atoms with Crippen LogP contribution < -0.4 is 9.21 Å². The highest BCUT2D eigenvalue weighted by atomic mass is 35.5. The third-order valence-corrected chi connectivity index (χ3v) is 8.89. The molecule has 4 rings (SSSR count). The lowest BCUT2D eigenvalue weighted by Crippen LogP contribution is -2.36. The van der Waals surface area contributed by atoms with E-state index in [0.717, 1.165) is 4.70 Å². The van der Waals surface area contributed by atoms with E-state index < -0.39 is 10.0 Å². The summed E-state index contributed by atoms with van der Waals surface area (Å²) in [6, 6.07) is 20.6. The fourth-order valence-electron chi connectivity index (χ4n) is 3.74. The van der Waals surface area contributed by atoms with Crippen molar-refractivity contribution in [2.75, 3.05) is 42.9 Å². The topological polar surface area (TPSA) is 73.8 Å². The number of aromatic nitrogens is 1. The minimum absolute atomic E-state index is 0. The number of hydrogen-bond acceptors (Lipinski definition) is 6. The summed E-state index contributed by atoms with van der Waals surface area (Å²) in [7, 11) is 0.0827. The molecule has 0 aliphatic heterocycles. The molecule has 196 valence electrons. The van der Waals surface area contributed by atoms with Crippen molar-refractivity contribution in [2.45, 2.75) is 11.8 Å². The van der Waals surface area contributed by atoms with E-state index in [4.69, 9.17) is 11.6 Å². The SMILES string of the molecule is CCN(c1ccccc1)S(=O)(=O)c1ccc(C(=O)N(CCN(C)C)c2nc3c(Cl)cccc3s2)cc1.Cl. The van der Waals surface area contributed by atoms with Crippen molar-refractivity contribution in [1.82, 2.24) is 9.88 Å². The van der Waals surface area contributed by atoms with Gasteiger partial charge in [0.25, 0.3) is 15.9 Å². The third-order valence-electron chi connectivity index (χ3n) is 5.63. The molecule has 0 bridgehead atoms. The molecule has 0 radical (unpaired) electrons. The maximum Gasteiger partial charge on any atom is 0.264 e. The van der Waals surface area contributed by atoms with Crippen LogP contribution in [0.2, 0.25) is 5.02 Å². The number of halogens is 2. The smallest absolute Gasteiger partial charge is 0.264 e. The average molecular weight is 580 g/mol. The van der Waals surface area contributed by atoms with Gasteiger partial charge in [0, 0.05) is 25.2 Å². The summed E-state index contributed by atoms with van der Waals surface area (Å²) in [6.07, 6.45) is 0. The maximum atomic E-state index is 13.6. The molecule has 0 saturated carbocycles. The predicted molar refractivity (Wildman–Crippen MR) is 155 cm³/mol. The predicted octanol–water partition coefficient (Wildman–Crippen LogP) is 5.80. The second-order valence-electron chi connectivity index (χ2n) is 8.37. The minimum atomic E-state index is -3.79. The Morgan fingerprint density at radius 3 is 2.22 bits per heavy atom. The molecule has 37 heavy (non-hydrogen) atoms. The summed E-state index contributed by atoms with van der Waals surface area (Å²) < 4.78 is 28.9. The number of fused-ring (bicyclic) bond motifs is 1. The standard InChI is InChI=1S/C26H27ClN4O3S2.ClH/c1-4-31(20-9-6-5-7-10-20)36(33,34)21-15-13-19(14-16-21)25(32)30(18-17-29(2)3)26-28-24-22(27)11-8-12-23(24)35-26;/h5-16H,4,17-18H2,1-3H3;1H. The van der Waals surface area contributed by atoms with E-state index in [0.29, 0.717) is 40.0 Å². The number of thiazole rings is 1. The summed E-state index contributed by atoms with van der Waals surface area (Å²) >= 11 is 7.71. The van der Waals surface area contributed by atoms with Crippen LogP contribution in [0.1, 0.15) is 17.3 Å². The Hall–Kier alpha value is -2.69. The highest BCUT2D eigenvalue weighted by Crippen LogP contribution is 2.33. The van der Waals surface area contributed by atoms with Gasteiger partial charge < -0.3 is 4.90 Å². The first-order chi connectivity index (χ1) is 17.2. The summed E-state index contributed by atoms with van der Waals surface area (Å²) in [4.78, 5) is 21.9. The van der Waals surface area contributed by atoms with Gasteiger partial charge in [-0.15, -0.1) is 12.4 Å². The fraction of sp³-hybridized carbons (Fsp3) is 0.231. The van der Waals surface area contributed by atoms with Gasteiger partial charge in [-0.05, 0) is 69.6 Å². The molecule has 0 N–H and O–H groups in total. The molecule has 0 saturated heterocycles. The normalized spacial score (nSPS) is 11.4. The van der Waals surface area contributed by atoms with Gasteiger partial charge >= 0.3 is 0 Å². The van der Waals surface area contributed by atoms with Crippen molar-refractivity contribution in [3.8, 4) is 0 Å². The zero-order valence-corrected chi connectivity index (χ0v) is 23.9. The number of hydrogen-bond donors (Lipinski definition) is 0. The Balaban J connectivity index is 0.00000380. The fourth-order valence-corrected chi connectivity index (χ4v) is 6.50. The Labute approximate surface area is 232 Å². The molecule has 0 atom stereocenters. The van der Waals surface area contributed by atoms with E-state index in [2.05, 4.69) is 4.98 Å². The summed E-state index contributed by atoms with van der Waals surface area (Å²) in [6.45, 7) is 3.12. The molecule has 1 aromatic heterocycles. The van der Waals surface area contributed by atoms with Crippen LogP contribution >= 0.6 is 35.3 Å². The van der Waals surface area contributed by atoms with E-state index in [1.807, 2.05) is 37.2 Å². The van der Waals surface area contributed by atoms with E-state index in [1.54, 1.807) is 54.3 Å². The van der Waals surface area contributed by atoms with E-state index in [1.165, 1.54) is 27.8 Å². The summed E-state index contributed by atoms with van der Waals surface area (Å²) in [5, 5.41) is 1.08. The van der Waals surface area contributed by atoms with E-state index in [9.17, 15) is 13.2 Å². The number of amides is 1. The van der Waals surface area contributed by atoms with Crippen LogP contribution in [-0.2, 0) is 10.0 Å². The number of anilines is 2. The van der Waals surface area contributed by atoms with Gasteiger partial charge in [0.15, 0.2) is 5.13 Å². The molecule has 0 spiro atoms. The Bertz CT molecular complexity index is 1460. The number of benzene rings is 3. The second-order valence-corrected chi connectivity index (χ2v) is 11.7. The number of nitrogens with zero attached hydrogens (tertiary/aromatic N) is 4. The summed E-state index contributed by atoms with van der Waals surface area (Å²) in [5.41, 5.74) is 1.62. The van der Waals surface area contributed by atoms with Crippen molar-refractivity contribution in [1.29, 1.82) is 0 Å². The number of likely N-dealkylation sites (N-methyl/N-ethyl adjacent to an activating group) is 1. The zero-order chi connectivity index (χ0) is 25.9. The molecule has 1 amide bonds. The Kier molecular flexibility index (Phi) is 9.55.